The summed E-state index contributed by atoms with van der Waals surface area (Å²) >= 11 is 0. The summed E-state index contributed by atoms with van der Waals surface area (Å²) in [6, 6.07) is 11.5. The zero-order chi connectivity index (χ0) is 15.4. The van der Waals surface area contributed by atoms with Gasteiger partial charge in [-0.25, -0.2) is 15.0 Å². The average molecular weight is 298 g/mol. The standard InChI is InChI=1S/C15H18N6O/c16-13(17)20-15(12-5-2-1-3-6-12)11-21(9-10-22-15)14-18-7-4-8-19-14/h1-8H,9-11H2,(H4,16,17,20). The molecule has 3 rings (SSSR count). The van der Waals surface area contributed by atoms with Crippen LogP contribution in [-0.2, 0) is 10.5 Å². The van der Waals surface area contributed by atoms with Crippen molar-refractivity contribution < 1.29 is 4.74 Å². The number of morpholine rings is 1. The van der Waals surface area contributed by atoms with E-state index in [9.17, 15) is 0 Å². The number of rotatable bonds is 3. The van der Waals surface area contributed by atoms with E-state index in [2.05, 4.69) is 15.0 Å². The second-order valence-electron chi connectivity index (χ2n) is 5.01. The van der Waals surface area contributed by atoms with Gasteiger partial charge in [-0.05, 0) is 6.07 Å². The molecule has 0 bridgehead atoms. The van der Waals surface area contributed by atoms with Gasteiger partial charge in [0.15, 0.2) is 5.96 Å². The zero-order valence-electron chi connectivity index (χ0n) is 12.1. The molecule has 0 saturated carbocycles. The van der Waals surface area contributed by atoms with Gasteiger partial charge in [-0.2, -0.15) is 0 Å². The third-order valence-electron chi connectivity index (χ3n) is 3.48. The minimum Gasteiger partial charge on any atom is -0.370 e. The van der Waals surface area contributed by atoms with Crippen LogP contribution in [0.15, 0.2) is 53.8 Å². The van der Waals surface area contributed by atoms with Gasteiger partial charge in [0.2, 0.25) is 11.7 Å². The molecule has 1 aliphatic rings. The van der Waals surface area contributed by atoms with E-state index in [1.807, 2.05) is 35.2 Å². The third kappa shape index (κ3) is 2.84. The van der Waals surface area contributed by atoms with Gasteiger partial charge in [0.05, 0.1) is 13.2 Å². The van der Waals surface area contributed by atoms with E-state index in [-0.39, 0.29) is 5.96 Å². The third-order valence-corrected chi connectivity index (χ3v) is 3.48. The first-order valence-corrected chi connectivity index (χ1v) is 7.02. The maximum Gasteiger partial charge on any atom is 0.225 e. The number of hydrogen-bond donors (Lipinski definition) is 2. The van der Waals surface area contributed by atoms with Gasteiger partial charge in [-0.15, -0.1) is 0 Å². The van der Waals surface area contributed by atoms with Crippen molar-refractivity contribution in [3.63, 3.8) is 0 Å². The predicted octanol–water partition coefficient (Wildman–Crippen LogP) is 0.440. The van der Waals surface area contributed by atoms with E-state index < -0.39 is 5.72 Å². The quantitative estimate of drug-likeness (QED) is 0.629. The number of guanidine groups is 1. The fourth-order valence-corrected chi connectivity index (χ4v) is 2.55. The van der Waals surface area contributed by atoms with Gasteiger partial charge >= 0.3 is 0 Å². The lowest BCUT2D eigenvalue weighted by Crippen LogP contribution is -2.51. The van der Waals surface area contributed by atoms with Crippen LogP contribution in [0.3, 0.4) is 0 Å². The molecule has 7 heteroatoms. The van der Waals surface area contributed by atoms with Crippen molar-refractivity contribution in [2.75, 3.05) is 24.6 Å². The molecule has 1 unspecified atom stereocenters. The minimum atomic E-state index is -0.947. The Labute approximate surface area is 128 Å². The summed E-state index contributed by atoms with van der Waals surface area (Å²) in [4.78, 5) is 15.0. The summed E-state index contributed by atoms with van der Waals surface area (Å²) in [6.45, 7) is 1.60. The highest BCUT2D eigenvalue weighted by Crippen LogP contribution is 2.32. The fraction of sp³-hybridized carbons (Fsp3) is 0.267. The topological polar surface area (TPSA) is 103 Å². The first-order chi connectivity index (χ1) is 10.7. The van der Waals surface area contributed by atoms with E-state index in [0.717, 1.165) is 5.56 Å². The van der Waals surface area contributed by atoms with Gasteiger partial charge in [0.1, 0.15) is 0 Å². The van der Waals surface area contributed by atoms with Crippen molar-refractivity contribution in [3.05, 3.63) is 54.4 Å². The molecule has 22 heavy (non-hydrogen) atoms. The van der Waals surface area contributed by atoms with Gasteiger partial charge in [0, 0.05) is 24.5 Å². The molecule has 7 nitrogen and oxygen atoms in total. The molecule has 0 aliphatic carbocycles. The zero-order valence-corrected chi connectivity index (χ0v) is 12.1. The molecule has 4 N–H and O–H groups in total. The number of benzene rings is 1. The van der Waals surface area contributed by atoms with E-state index in [0.29, 0.717) is 25.6 Å². The van der Waals surface area contributed by atoms with E-state index in [1.165, 1.54) is 0 Å². The molecule has 0 radical (unpaired) electrons. The highest BCUT2D eigenvalue weighted by molar-refractivity contribution is 5.76. The highest BCUT2D eigenvalue weighted by atomic mass is 16.5. The molecule has 2 aromatic rings. The second kappa shape index (κ2) is 5.98. The molecule has 1 atom stereocenters. The largest absolute Gasteiger partial charge is 0.370 e. The number of nitrogens with zero attached hydrogens (tertiary/aromatic N) is 4. The van der Waals surface area contributed by atoms with Crippen molar-refractivity contribution in [2.24, 2.45) is 16.5 Å². The lowest BCUT2D eigenvalue weighted by atomic mass is 10.0. The van der Waals surface area contributed by atoms with Crippen LogP contribution in [0.1, 0.15) is 5.56 Å². The lowest BCUT2D eigenvalue weighted by molar-refractivity contribution is -0.0547. The first-order valence-electron chi connectivity index (χ1n) is 7.02. The van der Waals surface area contributed by atoms with Gasteiger partial charge in [-0.1, -0.05) is 30.3 Å². The van der Waals surface area contributed by atoms with Crippen molar-refractivity contribution in [1.82, 2.24) is 9.97 Å². The number of aliphatic imine (C=N–C) groups is 1. The van der Waals surface area contributed by atoms with Crippen LogP contribution in [-0.4, -0.2) is 35.6 Å². The first kappa shape index (κ1) is 14.3. The maximum atomic E-state index is 5.97. The van der Waals surface area contributed by atoms with E-state index >= 15 is 0 Å². The Morgan fingerprint density at radius 2 is 1.86 bits per heavy atom. The summed E-state index contributed by atoms with van der Waals surface area (Å²) in [5, 5.41) is 0. The maximum absolute atomic E-state index is 5.97. The Balaban J connectivity index is 1.98. The molecule has 0 spiro atoms. The Hall–Kier alpha value is -2.67. The van der Waals surface area contributed by atoms with Crippen LogP contribution in [0.4, 0.5) is 5.95 Å². The molecular weight excluding hydrogens is 280 g/mol. The monoisotopic (exact) mass is 298 g/mol. The van der Waals surface area contributed by atoms with E-state index in [4.69, 9.17) is 16.2 Å². The Morgan fingerprint density at radius 3 is 2.55 bits per heavy atom. The molecule has 1 saturated heterocycles. The van der Waals surface area contributed by atoms with Crippen LogP contribution >= 0.6 is 0 Å². The van der Waals surface area contributed by atoms with Gasteiger partial charge in [0.25, 0.3) is 0 Å². The molecule has 1 fully saturated rings. The molecule has 2 heterocycles. The summed E-state index contributed by atoms with van der Waals surface area (Å²) in [7, 11) is 0. The van der Waals surface area contributed by atoms with Crippen molar-refractivity contribution in [1.29, 1.82) is 0 Å². The van der Waals surface area contributed by atoms with Crippen LogP contribution in [0, 0.1) is 0 Å². The van der Waals surface area contributed by atoms with Gasteiger partial charge in [-0.3, -0.25) is 0 Å². The van der Waals surface area contributed by atoms with Crippen LogP contribution in [0.2, 0.25) is 0 Å². The fourth-order valence-electron chi connectivity index (χ4n) is 2.55. The van der Waals surface area contributed by atoms with Crippen LogP contribution in [0.25, 0.3) is 0 Å². The smallest absolute Gasteiger partial charge is 0.225 e. The number of aromatic nitrogens is 2. The SMILES string of the molecule is NC(N)=NC1(c2ccccc2)CN(c2ncccn2)CCO1. The second-order valence-corrected chi connectivity index (χ2v) is 5.01. The molecule has 114 valence electrons. The molecule has 1 aliphatic heterocycles. The molecule has 1 aromatic heterocycles. The molecular formula is C15H18N6O. The number of anilines is 1. The Kier molecular flexibility index (Phi) is 3.88. The van der Waals surface area contributed by atoms with Crippen LogP contribution in [0.5, 0.6) is 0 Å². The molecule has 0 amide bonds. The van der Waals surface area contributed by atoms with Crippen LogP contribution < -0.4 is 16.4 Å². The average Bonchev–Trinajstić information content (AvgIpc) is 2.56. The Bertz CT molecular complexity index is 644. The van der Waals surface area contributed by atoms with Gasteiger partial charge < -0.3 is 21.1 Å². The minimum absolute atomic E-state index is 0.0142. The van der Waals surface area contributed by atoms with E-state index in [1.54, 1.807) is 18.5 Å². The number of ether oxygens (including phenoxy) is 1. The lowest BCUT2D eigenvalue weighted by Gasteiger charge is -2.40. The Morgan fingerprint density at radius 1 is 1.14 bits per heavy atom. The summed E-state index contributed by atoms with van der Waals surface area (Å²) in [5.41, 5.74) is 11.2. The number of nitrogens with two attached hydrogens (primary N) is 2. The predicted molar refractivity (Wildman–Crippen MR) is 84.1 cm³/mol. The number of hydrogen-bond acceptors (Lipinski definition) is 5. The molecule has 1 aromatic carbocycles. The highest BCUT2D eigenvalue weighted by Gasteiger charge is 2.39. The van der Waals surface area contributed by atoms with Crippen molar-refractivity contribution in [3.8, 4) is 0 Å². The van der Waals surface area contributed by atoms with Crippen molar-refractivity contribution >= 4 is 11.9 Å². The summed E-state index contributed by atoms with van der Waals surface area (Å²) in [5.74, 6) is 0.622. The summed E-state index contributed by atoms with van der Waals surface area (Å²) in [6.07, 6.45) is 3.42. The summed E-state index contributed by atoms with van der Waals surface area (Å²) < 4.78 is 5.97. The van der Waals surface area contributed by atoms with Crippen molar-refractivity contribution in [2.45, 2.75) is 5.72 Å². The normalized spacial score (nSPS) is 21.4.